The highest BCUT2D eigenvalue weighted by Gasteiger charge is 2.21. The molecule has 2 rings (SSSR count). The van der Waals surface area contributed by atoms with Crippen LogP contribution in [0.15, 0.2) is 24.8 Å². The topological polar surface area (TPSA) is 42.5 Å². The lowest BCUT2D eigenvalue weighted by Gasteiger charge is -2.14. The number of hydrogen-bond donors (Lipinski definition) is 2. The van der Waals surface area contributed by atoms with Crippen molar-refractivity contribution >= 4 is 17.3 Å². The molecule has 5 heteroatoms. The summed E-state index contributed by atoms with van der Waals surface area (Å²) in [6.07, 6.45) is 2.93. The van der Waals surface area contributed by atoms with Crippen molar-refractivity contribution in [1.29, 1.82) is 0 Å². The molecule has 0 spiro atoms. The molecule has 1 heterocycles. The van der Waals surface area contributed by atoms with Gasteiger partial charge in [0.1, 0.15) is 17.6 Å². The van der Waals surface area contributed by atoms with E-state index in [0.717, 1.165) is 23.5 Å². The number of benzene rings is 1. The van der Waals surface area contributed by atoms with E-state index < -0.39 is 0 Å². The summed E-state index contributed by atoms with van der Waals surface area (Å²) in [4.78, 5) is 0. The van der Waals surface area contributed by atoms with Crippen LogP contribution in [0.4, 0.5) is 0 Å². The number of nitrogens with one attached hydrogen (secondary N) is 2. The average Bonchev–Trinajstić information content (AvgIpc) is 2.82. The highest BCUT2D eigenvalue weighted by Crippen LogP contribution is 2.35. The monoisotopic (exact) mass is 306 g/mol. The first kappa shape index (κ1) is 15.6. The van der Waals surface area contributed by atoms with E-state index in [1.54, 1.807) is 6.08 Å². The lowest BCUT2D eigenvalue weighted by atomic mass is 10.1. The van der Waals surface area contributed by atoms with Crippen LogP contribution in [0.2, 0.25) is 0 Å². The number of ether oxygens (including phenoxy) is 2. The zero-order chi connectivity index (χ0) is 15.2. The van der Waals surface area contributed by atoms with E-state index in [2.05, 4.69) is 30.2 Å². The molecule has 1 aromatic rings. The van der Waals surface area contributed by atoms with Gasteiger partial charge in [-0.3, -0.25) is 0 Å². The number of fused-ring (bicyclic) bond motifs is 1. The summed E-state index contributed by atoms with van der Waals surface area (Å²) < 4.78 is 11.5. The fourth-order valence-electron chi connectivity index (χ4n) is 2.31. The lowest BCUT2D eigenvalue weighted by molar-refractivity contribution is 0.254. The Hall–Kier alpha value is -1.75. The molecule has 0 saturated carbocycles. The van der Waals surface area contributed by atoms with Crippen LogP contribution in [0, 0.1) is 0 Å². The summed E-state index contributed by atoms with van der Waals surface area (Å²) in [7, 11) is 0. The Kier molecular flexibility index (Phi) is 5.44. The molecule has 1 aliphatic rings. The van der Waals surface area contributed by atoms with E-state index in [0.29, 0.717) is 24.8 Å². The third kappa shape index (κ3) is 4.11. The van der Waals surface area contributed by atoms with E-state index in [1.165, 1.54) is 5.56 Å². The van der Waals surface area contributed by atoms with Crippen LogP contribution in [0.1, 0.15) is 25.0 Å². The summed E-state index contributed by atoms with van der Waals surface area (Å²) in [6.45, 7) is 9.60. The normalized spacial score (nSPS) is 15.8. The highest BCUT2D eigenvalue weighted by molar-refractivity contribution is 7.80. The molecule has 0 unspecified atom stereocenters. The molecule has 0 bridgehead atoms. The Labute approximate surface area is 131 Å². The Morgan fingerprint density at radius 3 is 3.05 bits per heavy atom. The molecule has 0 amide bonds. The van der Waals surface area contributed by atoms with Crippen molar-refractivity contribution in [1.82, 2.24) is 10.6 Å². The molecular weight excluding hydrogens is 284 g/mol. The maximum absolute atomic E-state index is 5.81. The molecule has 0 aliphatic carbocycles. The van der Waals surface area contributed by atoms with Gasteiger partial charge in [0.05, 0.1) is 6.61 Å². The van der Waals surface area contributed by atoms with Crippen LogP contribution in [0.25, 0.3) is 0 Å². The quantitative estimate of drug-likeness (QED) is 0.624. The average molecular weight is 306 g/mol. The molecule has 0 radical (unpaired) electrons. The SMILES string of the molecule is C=CCNC(=S)NCc1cc2c(cc1OCC)C[C@H](C)O2. The van der Waals surface area contributed by atoms with Crippen LogP contribution in [0.3, 0.4) is 0 Å². The van der Waals surface area contributed by atoms with E-state index >= 15 is 0 Å². The van der Waals surface area contributed by atoms with Gasteiger partial charge in [-0.1, -0.05) is 6.08 Å². The van der Waals surface area contributed by atoms with Gasteiger partial charge in [0.2, 0.25) is 0 Å². The van der Waals surface area contributed by atoms with Gasteiger partial charge in [0, 0.05) is 30.6 Å². The van der Waals surface area contributed by atoms with Crippen LogP contribution in [0.5, 0.6) is 11.5 Å². The van der Waals surface area contributed by atoms with E-state index in [9.17, 15) is 0 Å². The molecule has 0 saturated heterocycles. The van der Waals surface area contributed by atoms with E-state index in [4.69, 9.17) is 21.7 Å². The number of hydrogen-bond acceptors (Lipinski definition) is 3. The molecule has 1 aromatic carbocycles. The minimum atomic E-state index is 0.230. The van der Waals surface area contributed by atoms with Crippen molar-refractivity contribution in [2.75, 3.05) is 13.2 Å². The fraction of sp³-hybridized carbons (Fsp3) is 0.438. The largest absolute Gasteiger partial charge is 0.494 e. The molecule has 2 N–H and O–H groups in total. The van der Waals surface area contributed by atoms with Gasteiger partial charge in [-0.15, -0.1) is 6.58 Å². The standard InChI is InChI=1S/C16H22N2O2S/c1-4-6-17-16(21)18-10-13-9-15-12(7-11(3)20-15)8-14(13)19-5-2/h4,8-9,11H,1,5-7,10H2,2-3H3,(H2,17,18,21)/t11-/m0/s1. The van der Waals surface area contributed by atoms with Crippen LogP contribution in [-0.2, 0) is 13.0 Å². The van der Waals surface area contributed by atoms with Crippen molar-refractivity contribution in [3.8, 4) is 11.5 Å². The maximum atomic E-state index is 5.81. The van der Waals surface area contributed by atoms with Gasteiger partial charge in [-0.05, 0) is 38.2 Å². The molecule has 1 aliphatic heterocycles. The van der Waals surface area contributed by atoms with Gasteiger partial charge in [0.25, 0.3) is 0 Å². The Morgan fingerprint density at radius 2 is 2.33 bits per heavy atom. The van der Waals surface area contributed by atoms with Gasteiger partial charge >= 0.3 is 0 Å². The zero-order valence-electron chi connectivity index (χ0n) is 12.6. The summed E-state index contributed by atoms with van der Waals surface area (Å²) in [6, 6.07) is 4.13. The minimum absolute atomic E-state index is 0.230. The zero-order valence-corrected chi connectivity index (χ0v) is 13.4. The Morgan fingerprint density at radius 1 is 1.52 bits per heavy atom. The van der Waals surface area contributed by atoms with Gasteiger partial charge < -0.3 is 20.1 Å². The summed E-state index contributed by atoms with van der Waals surface area (Å²) >= 11 is 5.20. The molecule has 4 nitrogen and oxygen atoms in total. The van der Waals surface area contributed by atoms with Crippen molar-refractivity contribution < 1.29 is 9.47 Å². The smallest absolute Gasteiger partial charge is 0.166 e. The third-order valence-corrected chi connectivity index (χ3v) is 3.51. The molecule has 1 atom stereocenters. The van der Waals surface area contributed by atoms with E-state index in [1.807, 2.05) is 13.0 Å². The summed E-state index contributed by atoms with van der Waals surface area (Å²) in [5.74, 6) is 1.85. The summed E-state index contributed by atoms with van der Waals surface area (Å²) in [5.41, 5.74) is 2.26. The van der Waals surface area contributed by atoms with Crippen molar-refractivity contribution in [2.24, 2.45) is 0 Å². The second-order valence-electron chi connectivity index (χ2n) is 4.99. The predicted octanol–water partition coefficient (Wildman–Crippen LogP) is 2.56. The predicted molar refractivity (Wildman–Crippen MR) is 89.0 cm³/mol. The minimum Gasteiger partial charge on any atom is -0.494 e. The molecule has 21 heavy (non-hydrogen) atoms. The van der Waals surface area contributed by atoms with Crippen LogP contribution < -0.4 is 20.1 Å². The highest BCUT2D eigenvalue weighted by atomic mass is 32.1. The molecular formula is C16H22N2O2S. The first-order valence-electron chi connectivity index (χ1n) is 7.21. The van der Waals surface area contributed by atoms with E-state index in [-0.39, 0.29) is 6.10 Å². The van der Waals surface area contributed by atoms with Crippen molar-refractivity contribution in [3.63, 3.8) is 0 Å². The van der Waals surface area contributed by atoms with Gasteiger partial charge in [-0.25, -0.2) is 0 Å². The van der Waals surface area contributed by atoms with Gasteiger partial charge in [-0.2, -0.15) is 0 Å². The van der Waals surface area contributed by atoms with Gasteiger partial charge in [0.15, 0.2) is 5.11 Å². The summed E-state index contributed by atoms with van der Waals surface area (Å²) in [5, 5.41) is 6.82. The van der Waals surface area contributed by atoms with Crippen molar-refractivity contribution in [2.45, 2.75) is 32.9 Å². The molecule has 0 fully saturated rings. The van der Waals surface area contributed by atoms with Crippen LogP contribution in [-0.4, -0.2) is 24.4 Å². The van der Waals surface area contributed by atoms with Crippen LogP contribution >= 0.6 is 12.2 Å². The first-order chi connectivity index (χ1) is 10.1. The lowest BCUT2D eigenvalue weighted by Crippen LogP contribution is -2.34. The number of rotatable bonds is 6. The molecule has 114 valence electrons. The number of thiocarbonyl (C=S) groups is 1. The second kappa shape index (κ2) is 7.31. The molecule has 0 aromatic heterocycles. The fourth-order valence-corrected chi connectivity index (χ4v) is 2.47. The second-order valence-corrected chi connectivity index (χ2v) is 5.39. The first-order valence-corrected chi connectivity index (χ1v) is 7.62. The Balaban J connectivity index is 2.08. The Bertz CT molecular complexity index is 531. The van der Waals surface area contributed by atoms with Crippen molar-refractivity contribution in [3.05, 3.63) is 35.9 Å². The third-order valence-electron chi connectivity index (χ3n) is 3.23. The maximum Gasteiger partial charge on any atom is 0.166 e.